The topological polar surface area (TPSA) is 12.0 Å². The van der Waals surface area contributed by atoms with Gasteiger partial charge in [0.25, 0.3) is 0 Å². The maximum atomic E-state index is 4.10. The zero-order valence-corrected chi connectivity index (χ0v) is 14.7. The first-order chi connectivity index (χ1) is 10.1. The highest BCUT2D eigenvalue weighted by Crippen LogP contribution is 2.42. The summed E-state index contributed by atoms with van der Waals surface area (Å²) >= 11 is 1.94. The smallest absolute Gasteiger partial charge is 0.0445 e. The van der Waals surface area contributed by atoms with Crippen LogP contribution < -0.4 is 5.32 Å². The molecule has 2 aliphatic carbocycles. The van der Waals surface area contributed by atoms with Crippen molar-refractivity contribution in [2.24, 2.45) is 17.3 Å². The molecule has 1 nitrogen and oxygen atoms in total. The Labute approximate surface area is 134 Å². The van der Waals surface area contributed by atoms with Gasteiger partial charge in [0.15, 0.2) is 0 Å². The van der Waals surface area contributed by atoms with Gasteiger partial charge < -0.3 is 5.32 Å². The molecule has 0 saturated heterocycles. The fourth-order valence-corrected chi connectivity index (χ4v) is 5.51. The van der Waals surface area contributed by atoms with Crippen molar-refractivity contribution >= 4 is 11.3 Å². The maximum absolute atomic E-state index is 4.10. The molecule has 0 amide bonds. The molecule has 2 fully saturated rings. The molecule has 0 aliphatic heterocycles. The second-order valence-electron chi connectivity index (χ2n) is 8.20. The Kier molecular flexibility index (Phi) is 4.75. The van der Waals surface area contributed by atoms with E-state index in [0.29, 0.717) is 17.5 Å². The molecule has 3 unspecified atom stereocenters. The Bertz CT molecular complexity index is 430. The first kappa shape index (κ1) is 15.6. The third kappa shape index (κ3) is 3.71. The molecule has 0 aromatic carbocycles. The van der Waals surface area contributed by atoms with Gasteiger partial charge in [0, 0.05) is 17.0 Å². The van der Waals surface area contributed by atoms with E-state index in [0.717, 1.165) is 11.8 Å². The SMILES string of the molecule is CC1CC(C)(C)CCC1NC(c1cccs1)C1CCCC1. The Morgan fingerprint density at radius 3 is 2.62 bits per heavy atom. The van der Waals surface area contributed by atoms with E-state index in [9.17, 15) is 0 Å². The molecule has 3 rings (SSSR count). The van der Waals surface area contributed by atoms with Crippen molar-refractivity contribution in [2.75, 3.05) is 0 Å². The van der Waals surface area contributed by atoms with Crippen LogP contribution in [0.4, 0.5) is 0 Å². The van der Waals surface area contributed by atoms with E-state index >= 15 is 0 Å². The number of rotatable bonds is 4. The van der Waals surface area contributed by atoms with E-state index in [1.54, 1.807) is 4.88 Å². The van der Waals surface area contributed by atoms with E-state index in [1.807, 2.05) is 11.3 Å². The van der Waals surface area contributed by atoms with Crippen LogP contribution in [0.15, 0.2) is 17.5 Å². The average molecular weight is 306 g/mol. The monoisotopic (exact) mass is 305 g/mol. The summed E-state index contributed by atoms with van der Waals surface area (Å²) in [4.78, 5) is 1.57. The van der Waals surface area contributed by atoms with Gasteiger partial charge in [-0.15, -0.1) is 11.3 Å². The summed E-state index contributed by atoms with van der Waals surface area (Å²) in [6, 6.07) is 5.89. The Hall–Kier alpha value is -0.340. The second-order valence-corrected chi connectivity index (χ2v) is 9.17. The van der Waals surface area contributed by atoms with Gasteiger partial charge in [0.2, 0.25) is 0 Å². The molecule has 1 N–H and O–H groups in total. The number of hydrogen-bond donors (Lipinski definition) is 1. The second kappa shape index (κ2) is 6.42. The standard InChI is InChI=1S/C19H31NS/c1-14-13-19(2,3)11-10-16(14)20-18(15-7-4-5-8-15)17-9-6-12-21-17/h6,9,12,14-16,18,20H,4-5,7-8,10-11,13H2,1-3H3. The number of thiophene rings is 1. The van der Waals surface area contributed by atoms with Gasteiger partial charge in [-0.2, -0.15) is 0 Å². The van der Waals surface area contributed by atoms with Crippen LogP contribution in [0, 0.1) is 17.3 Å². The molecule has 1 aromatic heterocycles. The van der Waals surface area contributed by atoms with Gasteiger partial charge in [-0.1, -0.05) is 39.7 Å². The lowest BCUT2D eigenvalue weighted by Gasteiger charge is -2.42. The van der Waals surface area contributed by atoms with E-state index in [2.05, 4.69) is 43.6 Å². The van der Waals surface area contributed by atoms with Crippen LogP contribution in [0.2, 0.25) is 0 Å². The summed E-state index contributed by atoms with van der Waals surface area (Å²) in [5.74, 6) is 1.67. The zero-order chi connectivity index (χ0) is 14.9. The minimum Gasteiger partial charge on any atom is -0.306 e. The zero-order valence-electron chi connectivity index (χ0n) is 13.9. The van der Waals surface area contributed by atoms with Crippen LogP contribution in [-0.2, 0) is 0 Å². The summed E-state index contributed by atoms with van der Waals surface area (Å²) in [6.07, 6.45) is 9.79. The van der Waals surface area contributed by atoms with Crippen LogP contribution in [0.5, 0.6) is 0 Å². The molecular formula is C19H31NS. The molecule has 2 aliphatic rings. The third-order valence-corrected chi connectivity index (χ3v) is 6.76. The minimum atomic E-state index is 0.545. The quantitative estimate of drug-likeness (QED) is 0.743. The van der Waals surface area contributed by atoms with Crippen molar-refractivity contribution in [1.29, 1.82) is 0 Å². The fourth-order valence-electron chi connectivity index (χ4n) is 4.63. The molecule has 3 atom stereocenters. The van der Waals surface area contributed by atoms with Gasteiger partial charge in [0.05, 0.1) is 0 Å². The summed E-state index contributed by atoms with van der Waals surface area (Å²) in [5, 5.41) is 6.34. The number of hydrogen-bond acceptors (Lipinski definition) is 2. The van der Waals surface area contributed by atoms with E-state index in [1.165, 1.54) is 44.9 Å². The summed E-state index contributed by atoms with van der Waals surface area (Å²) in [6.45, 7) is 7.33. The van der Waals surface area contributed by atoms with Crippen molar-refractivity contribution in [2.45, 2.75) is 77.8 Å². The van der Waals surface area contributed by atoms with Crippen LogP contribution in [0.3, 0.4) is 0 Å². The largest absolute Gasteiger partial charge is 0.306 e. The highest BCUT2D eigenvalue weighted by molar-refractivity contribution is 7.10. The van der Waals surface area contributed by atoms with E-state index < -0.39 is 0 Å². The first-order valence-electron chi connectivity index (χ1n) is 8.85. The van der Waals surface area contributed by atoms with Gasteiger partial charge in [0.1, 0.15) is 0 Å². The molecule has 2 heteroatoms. The van der Waals surface area contributed by atoms with Crippen molar-refractivity contribution < 1.29 is 0 Å². The predicted molar refractivity (Wildman–Crippen MR) is 92.7 cm³/mol. The Balaban J connectivity index is 1.70. The van der Waals surface area contributed by atoms with Gasteiger partial charge in [-0.05, 0) is 60.8 Å². The van der Waals surface area contributed by atoms with Crippen LogP contribution >= 0.6 is 11.3 Å². The van der Waals surface area contributed by atoms with Crippen LogP contribution in [0.25, 0.3) is 0 Å². The van der Waals surface area contributed by atoms with Crippen molar-refractivity contribution in [1.82, 2.24) is 5.32 Å². The first-order valence-corrected chi connectivity index (χ1v) is 9.72. The highest BCUT2D eigenvalue weighted by atomic mass is 32.1. The van der Waals surface area contributed by atoms with Crippen LogP contribution in [-0.4, -0.2) is 6.04 Å². The lowest BCUT2D eigenvalue weighted by molar-refractivity contribution is 0.133. The molecule has 2 saturated carbocycles. The average Bonchev–Trinajstić information content (AvgIpc) is 3.10. The molecular weight excluding hydrogens is 274 g/mol. The molecule has 21 heavy (non-hydrogen) atoms. The Morgan fingerprint density at radius 2 is 2.00 bits per heavy atom. The van der Waals surface area contributed by atoms with Crippen molar-refractivity contribution in [3.05, 3.63) is 22.4 Å². The molecule has 0 spiro atoms. The third-order valence-electron chi connectivity index (χ3n) is 5.81. The lowest BCUT2D eigenvalue weighted by Crippen LogP contribution is -2.44. The molecule has 1 heterocycles. The molecule has 118 valence electrons. The summed E-state index contributed by atoms with van der Waals surface area (Å²) < 4.78 is 0. The maximum Gasteiger partial charge on any atom is 0.0445 e. The van der Waals surface area contributed by atoms with E-state index in [4.69, 9.17) is 0 Å². The normalized spacial score (nSPS) is 31.4. The van der Waals surface area contributed by atoms with Gasteiger partial charge >= 0.3 is 0 Å². The molecule has 0 bridgehead atoms. The highest BCUT2D eigenvalue weighted by Gasteiger charge is 2.35. The summed E-state index contributed by atoms with van der Waals surface area (Å²) in [5.41, 5.74) is 0.545. The molecule has 1 aromatic rings. The molecule has 0 radical (unpaired) electrons. The van der Waals surface area contributed by atoms with Gasteiger partial charge in [-0.3, -0.25) is 0 Å². The summed E-state index contributed by atoms with van der Waals surface area (Å²) in [7, 11) is 0. The minimum absolute atomic E-state index is 0.545. The van der Waals surface area contributed by atoms with Crippen molar-refractivity contribution in [3.8, 4) is 0 Å². The fraction of sp³-hybridized carbons (Fsp3) is 0.789. The number of nitrogens with one attached hydrogen (secondary N) is 1. The Morgan fingerprint density at radius 1 is 1.24 bits per heavy atom. The lowest BCUT2D eigenvalue weighted by atomic mass is 9.70. The van der Waals surface area contributed by atoms with E-state index in [-0.39, 0.29) is 0 Å². The van der Waals surface area contributed by atoms with Crippen LogP contribution in [0.1, 0.15) is 76.6 Å². The van der Waals surface area contributed by atoms with Crippen molar-refractivity contribution in [3.63, 3.8) is 0 Å². The van der Waals surface area contributed by atoms with Gasteiger partial charge in [-0.25, -0.2) is 0 Å². The predicted octanol–water partition coefficient (Wildman–Crippen LogP) is 5.78.